The van der Waals surface area contributed by atoms with Crippen molar-refractivity contribution in [2.45, 2.75) is 125 Å². The number of aromatic nitrogens is 1. The molecule has 4 saturated carbocycles. The minimum Gasteiger partial charge on any atom is -0.496 e. The van der Waals surface area contributed by atoms with Crippen LogP contribution in [0.5, 0.6) is 17.4 Å². The summed E-state index contributed by atoms with van der Waals surface area (Å²) in [5.41, 5.74) is -0.202. The molecule has 3 heterocycles. The van der Waals surface area contributed by atoms with Gasteiger partial charge in [-0.1, -0.05) is 37.5 Å². The number of alkyl carbamates (subject to hydrolysis) is 1. The molecule has 6 aliphatic rings. The van der Waals surface area contributed by atoms with Crippen molar-refractivity contribution < 1.29 is 46.5 Å². The van der Waals surface area contributed by atoms with Crippen molar-refractivity contribution in [2.75, 3.05) is 20.3 Å². The molecule has 0 spiro atoms. The van der Waals surface area contributed by atoms with Crippen LogP contribution in [0.3, 0.4) is 0 Å². The number of nitrogens with one attached hydrogen (secondary N) is 3. The van der Waals surface area contributed by atoms with Crippen LogP contribution < -0.4 is 29.6 Å². The molecule has 4 aliphatic carbocycles. The largest absolute Gasteiger partial charge is 0.496 e. The van der Waals surface area contributed by atoms with Crippen LogP contribution in [-0.4, -0.2) is 97.5 Å². The maximum atomic E-state index is 15.0. The van der Waals surface area contributed by atoms with E-state index >= 15 is 4.79 Å². The zero-order chi connectivity index (χ0) is 41.5. The Morgan fingerprint density at radius 2 is 1.83 bits per heavy atom. The number of sulfonamides is 1. The molecule has 0 unspecified atom stereocenters. The van der Waals surface area contributed by atoms with Gasteiger partial charge < -0.3 is 34.5 Å². The summed E-state index contributed by atoms with van der Waals surface area (Å²) in [4.78, 5) is 63.3. The number of allylic oxidation sites excluding steroid dienone is 1. The minimum atomic E-state index is -3.91. The highest BCUT2D eigenvalue weighted by Crippen LogP contribution is 2.46. The highest BCUT2D eigenvalue weighted by molar-refractivity contribution is 7.91. The molecule has 16 heteroatoms. The lowest BCUT2D eigenvalue weighted by Gasteiger charge is -2.35. The van der Waals surface area contributed by atoms with Crippen molar-refractivity contribution in [3.05, 3.63) is 42.5 Å². The number of pyridine rings is 1. The van der Waals surface area contributed by atoms with Gasteiger partial charge in [-0.15, -0.1) is 6.58 Å². The molecule has 15 nitrogen and oxygen atoms in total. The normalized spacial score (nSPS) is 30.0. The van der Waals surface area contributed by atoms with E-state index in [2.05, 4.69) is 28.0 Å². The lowest BCUT2D eigenvalue weighted by atomic mass is 9.83. The monoisotopic (exact) mass is 833 g/mol. The third-order valence-corrected chi connectivity index (χ3v) is 14.8. The molecule has 1 aromatic heterocycles. The fourth-order valence-corrected chi connectivity index (χ4v) is 10.9. The summed E-state index contributed by atoms with van der Waals surface area (Å²) in [5.74, 6) is -1.18. The van der Waals surface area contributed by atoms with Crippen LogP contribution >= 0.6 is 0 Å². The molecule has 3 N–H and O–H groups in total. The number of methoxy groups -OCH3 is 1. The summed E-state index contributed by atoms with van der Waals surface area (Å²) in [6.07, 6.45) is 12.4. The number of ether oxygens (including phenoxy) is 4. The van der Waals surface area contributed by atoms with E-state index in [0.717, 1.165) is 37.7 Å². The molecule has 4 bridgehead atoms. The Labute approximate surface area is 345 Å². The van der Waals surface area contributed by atoms with E-state index in [1.165, 1.54) is 11.0 Å². The maximum absolute atomic E-state index is 15.0. The summed E-state index contributed by atoms with van der Waals surface area (Å²) in [7, 11) is -2.32. The van der Waals surface area contributed by atoms with Crippen LogP contribution in [0.1, 0.15) is 96.0 Å². The first-order chi connectivity index (χ1) is 28.4. The van der Waals surface area contributed by atoms with Crippen LogP contribution in [-0.2, 0) is 29.1 Å². The van der Waals surface area contributed by atoms with Crippen molar-refractivity contribution >= 4 is 50.8 Å². The molecule has 4 amide bonds. The van der Waals surface area contributed by atoms with Crippen LogP contribution in [0.4, 0.5) is 4.79 Å². The van der Waals surface area contributed by atoms with Crippen molar-refractivity contribution in [2.24, 2.45) is 17.8 Å². The van der Waals surface area contributed by atoms with Crippen molar-refractivity contribution in [3.8, 4) is 17.4 Å². The van der Waals surface area contributed by atoms with Gasteiger partial charge in [-0.2, -0.15) is 0 Å². The Bertz CT molecular complexity index is 2140. The van der Waals surface area contributed by atoms with E-state index in [0.29, 0.717) is 73.4 Å². The predicted octanol–water partition coefficient (Wildman–Crippen LogP) is 4.92. The van der Waals surface area contributed by atoms with E-state index < -0.39 is 68.7 Å². The van der Waals surface area contributed by atoms with Gasteiger partial charge in [0.1, 0.15) is 41.3 Å². The number of amides is 4. The van der Waals surface area contributed by atoms with Crippen LogP contribution in [0.25, 0.3) is 17.0 Å². The Morgan fingerprint density at radius 1 is 1.05 bits per heavy atom. The van der Waals surface area contributed by atoms with Gasteiger partial charge in [0, 0.05) is 35.4 Å². The first-order valence-electron chi connectivity index (χ1n) is 21.2. The Balaban J connectivity index is 1.18. The lowest BCUT2D eigenvalue weighted by molar-refractivity contribution is -0.142. The number of hydrogen-bond acceptors (Lipinski definition) is 11. The maximum Gasteiger partial charge on any atom is 0.408 e. The zero-order valence-corrected chi connectivity index (χ0v) is 34.6. The summed E-state index contributed by atoms with van der Waals surface area (Å²) in [6, 6.07) is 3.35. The fourth-order valence-electron chi connectivity index (χ4n) is 9.54. The lowest BCUT2D eigenvalue weighted by Crippen LogP contribution is -2.59. The first-order valence-corrected chi connectivity index (χ1v) is 22.7. The summed E-state index contributed by atoms with van der Waals surface area (Å²) < 4.78 is 52.3. The molecular formula is C43H55N5O10S. The SMILES string of the molecule is C=C[C@@H]1C[C@]1(NC(=O)[C@@H]1C[C@@H]2CN1C(=O)[C@H](C1CCCCC1)NC(=O)O[C@H]1CCC[C@@H]1CC=Cc1cc3c(cc(OCC)nc3cc1OC)O2)C(=O)NS(=O)(=O)C1CC1. The van der Waals surface area contributed by atoms with Crippen LogP contribution in [0.15, 0.2) is 36.9 Å². The van der Waals surface area contributed by atoms with Gasteiger partial charge in [0.25, 0.3) is 5.91 Å². The Kier molecular flexibility index (Phi) is 11.5. The molecule has 59 heavy (non-hydrogen) atoms. The third kappa shape index (κ3) is 8.46. The molecule has 1 saturated heterocycles. The minimum absolute atomic E-state index is 0.0155. The molecule has 2 aromatic rings. The molecule has 1 aromatic carbocycles. The topological polar surface area (TPSA) is 192 Å². The first kappa shape index (κ1) is 40.9. The van der Waals surface area contributed by atoms with Gasteiger partial charge in [-0.25, -0.2) is 18.2 Å². The molecular weight excluding hydrogens is 779 g/mol. The summed E-state index contributed by atoms with van der Waals surface area (Å²) in [5, 5.41) is 5.86. The quantitative estimate of drug-likeness (QED) is 0.276. The number of carbonyl (C=O) groups excluding carboxylic acids is 4. The predicted molar refractivity (Wildman–Crippen MR) is 218 cm³/mol. The number of fused-ring (bicyclic) bond motifs is 4. The second-order valence-electron chi connectivity index (χ2n) is 17.0. The molecule has 318 valence electrons. The van der Waals surface area contributed by atoms with Crippen LogP contribution in [0.2, 0.25) is 0 Å². The molecule has 7 atom stereocenters. The third-order valence-electron chi connectivity index (χ3n) is 13.0. The Hall–Kier alpha value is -4.86. The fraction of sp³-hybridized carbons (Fsp3) is 0.605. The van der Waals surface area contributed by atoms with Gasteiger partial charge in [-0.05, 0) is 82.6 Å². The number of rotatable bonds is 10. The standard InChI is InChI=1S/C43H55N5O10S/c1-4-28-23-43(28,41(51)47-59(53,54)30-17-18-30)46-39(49)33-20-29-24-48(33)40(50)38(26-11-7-6-8-12-26)45-42(52)58-34-16-10-14-25(34)13-9-15-27-19-31-32(21-35(27)55-3)44-37(56-5-2)22-36(31)57-29/h4,9,15,19,21-22,25-26,28-30,33-34,38H,1,5-8,10-14,16-18,20,23-24H2,2-3H3,(H,45,52)(H,46,49)(H,47,51)/t25-,28+,29+,33-,34-,38-,43+/m0/s1. The molecule has 0 radical (unpaired) electrons. The number of carbonyl (C=O) groups is 4. The van der Waals surface area contributed by atoms with E-state index in [1.54, 1.807) is 13.2 Å². The average molecular weight is 834 g/mol. The Morgan fingerprint density at radius 3 is 2.54 bits per heavy atom. The van der Waals surface area contributed by atoms with E-state index in [-0.39, 0.29) is 37.3 Å². The summed E-state index contributed by atoms with van der Waals surface area (Å²) >= 11 is 0. The second kappa shape index (κ2) is 16.7. The smallest absolute Gasteiger partial charge is 0.408 e. The second-order valence-corrected chi connectivity index (χ2v) is 18.9. The van der Waals surface area contributed by atoms with E-state index in [4.69, 9.17) is 23.9 Å². The van der Waals surface area contributed by atoms with Gasteiger partial charge in [0.05, 0.1) is 31.0 Å². The van der Waals surface area contributed by atoms with Crippen molar-refractivity contribution in [1.82, 2.24) is 25.2 Å². The van der Waals surface area contributed by atoms with Gasteiger partial charge in [0.15, 0.2) is 0 Å². The summed E-state index contributed by atoms with van der Waals surface area (Å²) in [6.45, 7) is 6.01. The average Bonchev–Trinajstić information content (AvgIpc) is 4.12. The van der Waals surface area contributed by atoms with E-state index in [1.807, 2.05) is 25.1 Å². The zero-order valence-electron chi connectivity index (χ0n) is 33.8. The number of benzene rings is 1. The van der Waals surface area contributed by atoms with Crippen molar-refractivity contribution in [1.29, 1.82) is 0 Å². The van der Waals surface area contributed by atoms with Crippen molar-refractivity contribution in [3.63, 3.8) is 0 Å². The highest BCUT2D eigenvalue weighted by atomic mass is 32.2. The van der Waals surface area contributed by atoms with Gasteiger partial charge in [-0.3, -0.25) is 19.1 Å². The van der Waals surface area contributed by atoms with Crippen LogP contribution in [0, 0.1) is 17.8 Å². The molecule has 8 rings (SSSR count). The van der Waals surface area contributed by atoms with Gasteiger partial charge >= 0.3 is 6.09 Å². The van der Waals surface area contributed by atoms with Gasteiger partial charge in [0.2, 0.25) is 27.7 Å². The van der Waals surface area contributed by atoms with E-state index in [9.17, 15) is 22.8 Å². The number of hydrogen-bond donors (Lipinski definition) is 3. The molecule has 5 fully saturated rings. The molecule has 2 aliphatic heterocycles. The highest BCUT2D eigenvalue weighted by Gasteiger charge is 2.62. The number of nitrogens with zero attached hydrogens (tertiary/aromatic N) is 2.